The van der Waals surface area contributed by atoms with E-state index in [1.165, 1.54) is 118 Å². The minimum atomic E-state index is -4.84. The number of halogens is 5. The summed E-state index contributed by atoms with van der Waals surface area (Å²) in [5.41, 5.74) is 7.06. The zero-order valence-electron chi connectivity index (χ0n) is 69.0. The number of hydrogen-bond donors (Lipinski definition) is 8. The van der Waals surface area contributed by atoms with Crippen molar-refractivity contribution in [2.45, 2.75) is 79.1 Å². The van der Waals surface area contributed by atoms with Gasteiger partial charge in [-0.3, -0.25) is 45.1 Å². The number of anilines is 8. The Hall–Kier alpha value is -14.2. The number of rotatable bonds is 24. The number of nitrogens with zero attached hydrogens (tertiary/aromatic N) is 16. The summed E-state index contributed by atoms with van der Waals surface area (Å²) in [5, 5.41) is 41.5. The molecule has 0 saturated heterocycles. The molecule has 0 aliphatic rings. The summed E-state index contributed by atoms with van der Waals surface area (Å²) >= 11 is 0. The number of hydrogen-bond acceptors (Lipinski definition) is 28. The lowest BCUT2D eigenvalue weighted by Gasteiger charge is -2.21. The average molecular weight is 1810 g/mol. The van der Waals surface area contributed by atoms with Crippen LogP contribution in [0.15, 0.2) is 158 Å². The van der Waals surface area contributed by atoms with Gasteiger partial charge in [-0.05, 0) is 126 Å². The summed E-state index contributed by atoms with van der Waals surface area (Å²) in [6, 6.07) is 38.4. The van der Waals surface area contributed by atoms with Crippen LogP contribution in [0.25, 0.3) is 45.6 Å². The molecule has 4 amide bonds. The molecule has 0 aliphatic carbocycles. The zero-order valence-corrected chi connectivity index (χ0v) is 72.3. The van der Waals surface area contributed by atoms with Crippen molar-refractivity contribution in [1.29, 1.82) is 0 Å². The van der Waals surface area contributed by atoms with Crippen LogP contribution < -0.4 is 40.2 Å². The molecule has 4 atom stereocenters. The average Bonchev–Trinajstić information content (AvgIpc) is 1.69. The fraction of sp³-hybridized carbons (Fsp3) is 0.263. The van der Waals surface area contributed by atoms with Crippen molar-refractivity contribution >= 4 is 110 Å². The lowest BCUT2D eigenvalue weighted by Crippen LogP contribution is -2.28. The molecular weight excluding hydrogens is 1730 g/mol. The summed E-state index contributed by atoms with van der Waals surface area (Å²) < 4.78 is 194. The molecule has 0 fully saturated rings. The molecule has 8 aromatic heterocycles. The molecule has 0 radical (unpaired) electrons. The van der Waals surface area contributed by atoms with Crippen molar-refractivity contribution in [2.75, 3.05) is 65.2 Å². The van der Waals surface area contributed by atoms with E-state index in [9.17, 15) is 74.8 Å². The molecule has 12 aromatic rings. The minimum absolute atomic E-state index is 0.0479. The summed E-state index contributed by atoms with van der Waals surface area (Å²) in [6.45, 7) is 11.8. The molecule has 40 nitrogen and oxygen atoms in total. The number of amides is 4. The Morgan fingerprint density at radius 3 is 1.09 bits per heavy atom. The zero-order chi connectivity index (χ0) is 91.8. The van der Waals surface area contributed by atoms with Gasteiger partial charge >= 0.3 is 30.5 Å². The predicted molar refractivity (Wildman–Crippen MR) is 450 cm³/mol. The van der Waals surface area contributed by atoms with Crippen LogP contribution in [-0.4, -0.2) is 169 Å². The Kier molecular flexibility index (Phi) is 30.4. The number of pyridine rings is 4. The lowest BCUT2D eigenvalue weighted by atomic mass is 10.1. The summed E-state index contributed by atoms with van der Waals surface area (Å²) in [6.07, 6.45) is -7.49. The van der Waals surface area contributed by atoms with Gasteiger partial charge in [-0.2, -0.15) is 13.2 Å². The van der Waals surface area contributed by atoms with Crippen molar-refractivity contribution in [1.82, 2.24) is 79.9 Å². The summed E-state index contributed by atoms with van der Waals surface area (Å²) in [4.78, 5) is 66.7. The van der Waals surface area contributed by atoms with Crippen molar-refractivity contribution in [2.24, 2.45) is 28.2 Å². The second-order valence-corrected chi connectivity index (χ2v) is 34.4. The first kappa shape index (κ1) is 94.6. The molecule has 8 N–H and O–H groups in total. The van der Waals surface area contributed by atoms with Crippen molar-refractivity contribution < 1.29 is 93.7 Å². The number of alkyl halides is 3. The molecule has 4 aromatic carbocycles. The van der Waals surface area contributed by atoms with E-state index < -0.39 is 107 Å². The molecule has 662 valence electrons. The maximum atomic E-state index is 13.9. The second-order valence-electron chi connectivity index (χ2n) is 27.4. The van der Waals surface area contributed by atoms with E-state index in [-0.39, 0.29) is 62.7 Å². The molecule has 49 heteroatoms. The highest BCUT2D eigenvalue weighted by Crippen LogP contribution is 2.38. The van der Waals surface area contributed by atoms with Crippen LogP contribution in [0, 0.1) is 39.3 Å². The molecule has 12 rings (SSSR count). The SMILES string of the molecule is C[C@@H](OC(=O)Nc1c(-c2ccc(NS(C)(=O)=O)cn2)nnn1C)c1cccc(F)c1.Cc1cccc([C@@H](C)OC(=O)Nc2c(-c3ccc(NS(C)(=O)=O)c(C)n3)nnn2C)c1.Cc1nc(-c2nnn(C)c2NC(=O)O[C@@H](c2ccccc2)C(F)(F)F)ccc1NS(C)(=O)=O.Cc1nc(-c2nnn(C)c2NC(=O)O[C@H](C)c2ccccc2F)ccc1NS(C)(=O)=O. The Bertz CT molecular complexity index is 6410. The van der Waals surface area contributed by atoms with Crippen molar-refractivity contribution in [3.63, 3.8) is 0 Å². The van der Waals surface area contributed by atoms with Gasteiger partial charge in [-0.25, -0.2) is 95.3 Å². The van der Waals surface area contributed by atoms with E-state index >= 15 is 0 Å². The number of ether oxygens (including phenoxy) is 4. The quantitative estimate of drug-likeness (QED) is 0.0206. The number of carbonyl (C=O) groups is 4. The third-order valence-electron chi connectivity index (χ3n) is 17.0. The number of benzene rings is 4. The van der Waals surface area contributed by atoms with Crippen LogP contribution >= 0.6 is 0 Å². The van der Waals surface area contributed by atoms with Crippen LogP contribution in [0.2, 0.25) is 0 Å². The highest BCUT2D eigenvalue weighted by Gasteiger charge is 2.44. The topological polar surface area (TPSA) is 512 Å². The number of aryl methyl sites for hydroxylation is 8. The summed E-state index contributed by atoms with van der Waals surface area (Å²) in [5.74, 6) is -0.236. The van der Waals surface area contributed by atoms with Crippen LogP contribution in [0.4, 0.5) is 87.2 Å². The molecule has 0 aliphatic heterocycles. The van der Waals surface area contributed by atoms with E-state index in [0.717, 1.165) is 40.8 Å². The molecular formula is C76H83F5N24O16S4. The van der Waals surface area contributed by atoms with Gasteiger partial charge in [0, 0.05) is 39.3 Å². The van der Waals surface area contributed by atoms with Gasteiger partial charge in [0.1, 0.15) is 29.9 Å². The standard InChI is InChI=1S/C20H24N6O4S.C19H19F3N6O4S.C19H21FN6O4S.C18H19FN6O4S/c1-12-7-6-8-15(11-12)14(3)30-20(27)22-19-18(23-25-26(19)4)17-10-9-16(13(2)21-17)24-31(5,28)29;1-11-13(26-33(3,30)31)9-10-14(23-11)15-17(28(2)27-25-15)24-18(29)32-16(19(20,21)22)12-7-5-4-6-8-12;1-11-15(24-31(4,28)29)9-10-16(21-11)17-18(26(3)25-23-17)22-19(27)30-12(2)13-7-5-6-8-14(13)20;1-11(12-5-4-6-13(19)9-12)29-18(26)21-17-16(22-24-25(17)2)15-8-7-14(10-20-15)23-30(3,27)28/h6-11,14,24H,1-5H3,(H,22,27);4-10,16,26H,1-3H3,(H,24,29);5-10,12,24H,1-4H3,(H,22,27);4-11,23H,1-3H3,(H,21,26)/t14-;16-;12-;11-/m1011/s1. The number of nitrogens with one attached hydrogen (secondary N) is 8. The first-order chi connectivity index (χ1) is 58.5. The van der Waals surface area contributed by atoms with Crippen LogP contribution in [0.5, 0.6) is 0 Å². The Morgan fingerprint density at radius 1 is 0.392 bits per heavy atom. The Balaban J connectivity index is 0.000000189. The van der Waals surface area contributed by atoms with E-state index in [4.69, 9.17) is 14.2 Å². The number of sulfonamides is 4. The predicted octanol–water partition coefficient (Wildman–Crippen LogP) is 12.3. The monoisotopic (exact) mass is 1810 g/mol. The van der Waals surface area contributed by atoms with E-state index in [2.05, 4.69) is 106 Å². The van der Waals surface area contributed by atoms with Gasteiger partial charge in [0.05, 0.1) is 93.8 Å². The fourth-order valence-electron chi connectivity index (χ4n) is 11.2. The molecule has 8 heterocycles. The molecule has 125 heavy (non-hydrogen) atoms. The number of carbonyl (C=O) groups excluding carboxylic acids is 4. The van der Waals surface area contributed by atoms with E-state index in [1.807, 2.05) is 31.2 Å². The van der Waals surface area contributed by atoms with Gasteiger partial charge in [-0.1, -0.05) is 111 Å². The number of aromatic nitrogens is 16. The molecule has 0 unspecified atom stereocenters. The summed E-state index contributed by atoms with van der Waals surface area (Å²) in [7, 11) is -7.67. The van der Waals surface area contributed by atoms with E-state index in [0.29, 0.717) is 62.6 Å². The van der Waals surface area contributed by atoms with Gasteiger partial charge < -0.3 is 18.9 Å². The third-order valence-corrected chi connectivity index (χ3v) is 19.4. The lowest BCUT2D eigenvalue weighted by molar-refractivity contribution is -0.205. The maximum absolute atomic E-state index is 13.9. The normalized spacial score (nSPS) is 12.4. The maximum Gasteiger partial charge on any atom is 0.429 e. The van der Waals surface area contributed by atoms with Gasteiger partial charge in [0.2, 0.25) is 46.2 Å². The second kappa shape index (κ2) is 40.2. The fourth-order valence-corrected chi connectivity index (χ4v) is 13.6. The smallest absolute Gasteiger partial charge is 0.429 e. The van der Waals surface area contributed by atoms with Crippen molar-refractivity contribution in [3.05, 3.63) is 214 Å². The van der Waals surface area contributed by atoms with Crippen LogP contribution in [-0.2, 0) is 87.2 Å². The highest BCUT2D eigenvalue weighted by molar-refractivity contribution is 7.92. The molecule has 0 saturated carbocycles. The van der Waals surface area contributed by atoms with Gasteiger partial charge in [0.25, 0.3) is 0 Å². The molecule has 0 bridgehead atoms. The molecule has 0 spiro atoms. The van der Waals surface area contributed by atoms with Crippen LogP contribution in [0.3, 0.4) is 0 Å². The highest BCUT2D eigenvalue weighted by atomic mass is 32.2. The van der Waals surface area contributed by atoms with Crippen LogP contribution in [0.1, 0.15) is 90.1 Å². The Morgan fingerprint density at radius 2 is 0.736 bits per heavy atom. The Labute approximate surface area is 712 Å². The van der Waals surface area contributed by atoms with Gasteiger partial charge in [0.15, 0.2) is 46.0 Å². The van der Waals surface area contributed by atoms with Gasteiger partial charge in [-0.15, -0.1) is 20.4 Å². The minimum Gasteiger partial charge on any atom is -0.441 e. The first-order valence-electron chi connectivity index (χ1n) is 36.5. The van der Waals surface area contributed by atoms with Crippen molar-refractivity contribution in [3.8, 4) is 45.6 Å². The first-order valence-corrected chi connectivity index (χ1v) is 44.1. The van der Waals surface area contributed by atoms with E-state index in [1.54, 1.807) is 99.1 Å². The largest absolute Gasteiger partial charge is 0.441 e. The third kappa shape index (κ3) is 27.4.